The van der Waals surface area contributed by atoms with E-state index in [9.17, 15) is 0 Å². The molecule has 0 heterocycles. The number of rotatable bonds is 0. The van der Waals surface area contributed by atoms with Gasteiger partial charge in [0.1, 0.15) is 0 Å². The Morgan fingerprint density at radius 2 is 1.71 bits per heavy atom. The van der Waals surface area contributed by atoms with E-state index in [1.54, 1.807) is 6.92 Å². The van der Waals surface area contributed by atoms with Crippen molar-refractivity contribution in [1.29, 1.82) is 10.5 Å². The average Bonchev–Trinajstić information content (AvgIpc) is 1.68. The molecular weight excluding hydrogens is 99.0 g/mol. The molecule has 0 spiro atoms. The molecule has 3 heteroatoms. The summed E-state index contributed by atoms with van der Waals surface area (Å²) in [6.07, 6.45) is 0. The first-order chi connectivity index (χ1) is 3.12. The molecule has 0 saturated carbocycles. The van der Waals surface area contributed by atoms with E-state index in [1.165, 1.54) is 0 Å². The molecule has 30 valence electrons. The van der Waals surface area contributed by atoms with Crippen LogP contribution in [0.2, 0.25) is 2.66 Å². The second-order valence-corrected chi connectivity index (χ2v) is 3.85. The van der Waals surface area contributed by atoms with Gasteiger partial charge in [-0.3, -0.25) is 0 Å². The Morgan fingerprint density at radius 1 is 1.43 bits per heavy atom. The predicted molar refractivity (Wildman–Crippen MR) is 25.3 cm³/mol. The molecule has 0 rings (SSSR count). The van der Waals surface area contributed by atoms with Gasteiger partial charge in [-0.05, 0) is 0 Å². The van der Waals surface area contributed by atoms with Gasteiger partial charge in [0, 0.05) is 0 Å². The molecule has 0 unspecified atom stereocenters. The van der Waals surface area contributed by atoms with Gasteiger partial charge in [0.15, 0.2) is 0 Å². The summed E-state index contributed by atoms with van der Waals surface area (Å²) < 4.78 is -0.667. The minimum absolute atomic E-state index is 0.627. The van der Waals surface area contributed by atoms with E-state index in [2.05, 4.69) is 0 Å². The quantitative estimate of drug-likeness (QED) is 0.415. The fraction of sp³-hybridized carbons (Fsp3) is 0.500. The van der Waals surface area contributed by atoms with Gasteiger partial charge in [-0.1, -0.05) is 0 Å². The van der Waals surface area contributed by atoms with Gasteiger partial charge in [0.25, 0.3) is 0 Å². The molecule has 0 saturated heterocycles. The summed E-state index contributed by atoms with van der Waals surface area (Å²) in [5.41, 5.74) is 0. The van der Waals surface area contributed by atoms with Crippen LogP contribution in [0.5, 0.6) is 0 Å². The van der Waals surface area contributed by atoms with Crippen molar-refractivity contribution in [3.05, 3.63) is 0 Å². The second-order valence-electron chi connectivity index (χ2n) is 1.85. The van der Waals surface area contributed by atoms with E-state index in [4.69, 9.17) is 10.5 Å². The van der Waals surface area contributed by atoms with Crippen LogP contribution in [0, 0.1) is 22.7 Å². The number of hydrogen-bond donors (Lipinski definition) is 0. The number of nitriles is 2. The molecule has 2 nitrogen and oxygen atoms in total. The molecule has 0 amide bonds. The van der Waals surface area contributed by atoms with E-state index in [0.29, 0.717) is 27.9 Å². The molecule has 0 radical (unpaired) electrons. The number of nitrogens with zero attached hydrogens (tertiary/aromatic N) is 2. The van der Waals surface area contributed by atoms with E-state index < -0.39 is 2.66 Å². The van der Waals surface area contributed by atoms with Crippen LogP contribution >= 0.6 is 0 Å². The second kappa shape index (κ2) is 2.33. The zero-order chi connectivity index (χ0) is 5.91. The Hall–Kier alpha value is -0.0200. The van der Waals surface area contributed by atoms with E-state index in [0.717, 1.165) is 0 Å². The van der Waals surface area contributed by atoms with E-state index >= 15 is 0 Å². The molecule has 7 heavy (non-hydrogen) atoms. The van der Waals surface area contributed by atoms with Gasteiger partial charge in [0.2, 0.25) is 0 Å². The SMILES string of the molecule is C[C]([Na])(C#N)C#N. The average molecular weight is 102 g/mol. The van der Waals surface area contributed by atoms with Gasteiger partial charge in [-0.25, -0.2) is 0 Å². The zero-order valence-corrected chi connectivity index (χ0v) is 6.39. The van der Waals surface area contributed by atoms with Crippen molar-refractivity contribution in [2.24, 2.45) is 0 Å². The first-order valence-corrected chi connectivity index (χ1v) is 2.95. The Labute approximate surface area is 60.2 Å². The molecule has 0 fully saturated rings. The van der Waals surface area contributed by atoms with Crippen molar-refractivity contribution in [2.75, 3.05) is 0 Å². The predicted octanol–water partition coefficient (Wildman–Crippen LogP) is 0.381. The van der Waals surface area contributed by atoms with Crippen molar-refractivity contribution in [3.8, 4) is 12.1 Å². The standard InChI is InChI=1S/C4H3N2.Na/c1-4(2-5)3-6;/h1H3;. The van der Waals surface area contributed by atoms with Crippen LogP contribution in [0.25, 0.3) is 0 Å². The molecule has 0 N–H and O–H groups in total. The third kappa shape index (κ3) is 2.65. The fourth-order valence-electron chi connectivity index (χ4n) is 0.0250. The molecular formula is C4H3N2Na. The maximum atomic E-state index is 8.16. The Bertz CT molecular complexity index is 121. The monoisotopic (exact) mass is 102 g/mol. The Morgan fingerprint density at radius 3 is 1.71 bits per heavy atom. The van der Waals surface area contributed by atoms with Crippen molar-refractivity contribution < 1.29 is 0 Å². The number of hydrogen-bond acceptors (Lipinski definition) is 2. The third-order valence-corrected chi connectivity index (χ3v) is 1.01. The van der Waals surface area contributed by atoms with Gasteiger partial charge >= 0.3 is 60.2 Å². The van der Waals surface area contributed by atoms with Gasteiger partial charge in [-0.15, -0.1) is 0 Å². The van der Waals surface area contributed by atoms with Crippen molar-refractivity contribution in [1.82, 2.24) is 0 Å². The van der Waals surface area contributed by atoms with Gasteiger partial charge in [-0.2, -0.15) is 0 Å². The summed E-state index contributed by atoms with van der Waals surface area (Å²) in [7, 11) is 0. The Balaban J connectivity index is 4.00. The first-order valence-electron chi connectivity index (χ1n) is 1.95. The topological polar surface area (TPSA) is 47.6 Å². The van der Waals surface area contributed by atoms with Crippen LogP contribution in [0.3, 0.4) is 0 Å². The molecule has 0 atom stereocenters. The van der Waals surface area contributed by atoms with Crippen molar-refractivity contribution >= 4 is 27.9 Å². The van der Waals surface area contributed by atoms with Crippen LogP contribution in [0.15, 0.2) is 0 Å². The van der Waals surface area contributed by atoms with Crippen molar-refractivity contribution in [3.63, 3.8) is 0 Å². The van der Waals surface area contributed by atoms with Gasteiger partial charge < -0.3 is 0 Å². The minimum atomic E-state index is -0.667. The van der Waals surface area contributed by atoms with E-state index in [-0.39, 0.29) is 0 Å². The molecule has 0 aromatic heterocycles. The first kappa shape index (κ1) is 6.98. The van der Waals surface area contributed by atoms with Crippen LogP contribution in [0.1, 0.15) is 6.92 Å². The summed E-state index contributed by atoms with van der Waals surface area (Å²) in [6, 6.07) is 3.78. The van der Waals surface area contributed by atoms with E-state index in [1.807, 2.05) is 12.1 Å². The van der Waals surface area contributed by atoms with Crippen LogP contribution in [-0.2, 0) is 0 Å². The van der Waals surface area contributed by atoms with Crippen LogP contribution in [0.4, 0.5) is 0 Å². The normalized spacial score (nSPS) is 9.29. The third-order valence-electron chi connectivity index (χ3n) is 0.559. The summed E-state index contributed by atoms with van der Waals surface area (Å²) in [4.78, 5) is 0. The molecule has 0 aromatic rings. The molecule has 0 aliphatic rings. The summed E-state index contributed by atoms with van der Waals surface area (Å²) in [5, 5.41) is 16.3. The van der Waals surface area contributed by atoms with Crippen molar-refractivity contribution in [2.45, 2.75) is 9.59 Å². The van der Waals surface area contributed by atoms with Crippen LogP contribution in [-0.4, -0.2) is 27.9 Å². The fourth-order valence-corrected chi connectivity index (χ4v) is 0.0250. The Kier molecular flexibility index (Phi) is 2.32. The zero-order valence-electron chi connectivity index (χ0n) is 4.39. The van der Waals surface area contributed by atoms with Crippen LogP contribution < -0.4 is 0 Å². The molecule has 0 aliphatic carbocycles. The summed E-state index contributed by atoms with van der Waals surface area (Å²) >= 11 is 0.627. The maximum absolute atomic E-state index is 8.16. The molecule has 0 aliphatic heterocycles. The summed E-state index contributed by atoms with van der Waals surface area (Å²) in [6.45, 7) is 1.64. The summed E-state index contributed by atoms with van der Waals surface area (Å²) in [5.74, 6) is 0. The molecule has 0 aromatic carbocycles. The molecule has 0 bridgehead atoms. The van der Waals surface area contributed by atoms with Gasteiger partial charge in [0.05, 0.1) is 0 Å².